The van der Waals surface area contributed by atoms with Crippen LogP contribution in [0.5, 0.6) is 0 Å². The molecule has 21 heavy (non-hydrogen) atoms. The third-order valence-electron chi connectivity index (χ3n) is 2.86. The summed E-state index contributed by atoms with van der Waals surface area (Å²) in [5.74, 6) is 0. The van der Waals surface area contributed by atoms with Crippen LogP contribution in [0.1, 0.15) is 11.1 Å². The molecule has 0 spiro atoms. The third-order valence-corrected chi connectivity index (χ3v) is 3.60. The van der Waals surface area contributed by atoms with E-state index in [1.54, 1.807) is 18.2 Å². The number of nitrogens with one attached hydrogen (secondary N) is 2. The van der Waals surface area contributed by atoms with E-state index in [0.29, 0.717) is 28.8 Å². The molecule has 0 radical (unpaired) electrons. The minimum atomic E-state index is -0.313. The summed E-state index contributed by atoms with van der Waals surface area (Å²) in [7, 11) is 0. The Morgan fingerprint density at radius 3 is 2.52 bits per heavy atom. The zero-order chi connectivity index (χ0) is 15.2. The van der Waals surface area contributed by atoms with Crippen molar-refractivity contribution in [2.75, 3.05) is 5.32 Å². The summed E-state index contributed by atoms with van der Waals surface area (Å²) in [4.78, 5) is 11.8. The van der Waals surface area contributed by atoms with E-state index in [2.05, 4.69) is 10.6 Å². The fourth-order valence-corrected chi connectivity index (χ4v) is 2.10. The molecule has 0 aromatic heterocycles. The van der Waals surface area contributed by atoms with Gasteiger partial charge in [-0.25, -0.2) is 4.79 Å². The number of halogens is 2. The summed E-state index contributed by atoms with van der Waals surface area (Å²) in [6.07, 6.45) is 0. The highest BCUT2D eigenvalue weighted by Crippen LogP contribution is 2.24. The standard InChI is InChI=1S/C15H15Cl2N3O/c16-13-5-4-12(7-14(13)17)20-15(21)19-9-11-3-1-2-10(6-11)8-18/h1-7H,8-9,18H2,(H2,19,20,21). The minimum absolute atomic E-state index is 0.313. The number of benzene rings is 2. The second-order valence-electron chi connectivity index (χ2n) is 4.46. The number of amides is 2. The highest BCUT2D eigenvalue weighted by molar-refractivity contribution is 6.42. The molecule has 110 valence electrons. The fraction of sp³-hybridized carbons (Fsp3) is 0.133. The van der Waals surface area contributed by atoms with Crippen molar-refractivity contribution in [3.05, 3.63) is 63.6 Å². The van der Waals surface area contributed by atoms with Gasteiger partial charge in [0.2, 0.25) is 0 Å². The Morgan fingerprint density at radius 2 is 1.81 bits per heavy atom. The van der Waals surface area contributed by atoms with Crippen LogP contribution in [-0.4, -0.2) is 6.03 Å². The van der Waals surface area contributed by atoms with Gasteiger partial charge in [0.25, 0.3) is 0 Å². The summed E-state index contributed by atoms with van der Waals surface area (Å²) >= 11 is 11.7. The average Bonchev–Trinajstić information content (AvgIpc) is 2.49. The zero-order valence-electron chi connectivity index (χ0n) is 11.2. The molecule has 4 nitrogen and oxygen atoms in total. The lowest BCUT2D eigenvalue weighted by Gasteiger charge is -2.09. The van der Waals surface area contributed by atoms with Crippen LogP contribution in [0.15, 0.2) is 42.5 Å². The molecule has 2 amide bonds. The zero-order valence-corrected chi connectivity index (χ0v) is 12.7. The molecule has 0 aliphatic heterocycles. The van der Waals surface area contributed by atoms with Crippen LogP contribution in [0.25, 0.3) is 0 Å². The van der Waals surface area contributed by atoms with Crippen LogP contribution in [0, 0.1) is 0 Å². The molecular weight excluding hydrogens is 309 g/mol. The second kappa shape index (κ2) is 7.31. The van der Waals surface area contributed by atoms with Crippen molar-refractivity contribution in [2.24, 2.45) is 5.73 Å². The quantitative estimate of drug-likeness (QED) is 0.801. The van der Waals surface area contributed by atoms with E-state index in [4.69, 9.17) is 28.9 Å². The van der Waals surface area contributed by atoms with E-state index in [1.807, 2.05) is 24.3 Å². The molecule has 0 aliphatic rings. The predicted molar refractivity (Wildman–Crippen MR) is 86.7 cm³/mol. The maximum atomic E-state index is 11.8. The van der Waals surface area contributed by atoms with E-state index >= 15 is 0 Å². The lowest BCUT2D eigenvalue weighted by atomic mass is 10.1. The van der Waals surface area contributed by atoms with Gasteiger partial charge in [0.05, 0.1) is 10.0 Å². The molecule has 4 N–H and O–H groups in total. The van der Waals surface area contributed by atoms with Gasteiger partial charge in [-0.1, -0.05) is 47.5 Å². The fourth-order valence-electron chi connectivity index (χ4n) is 1.80. The van der Waals surface area contributed by atoms with Crippen LogP contribution < -0.4 is 16.4 Å². The number of anilines is 1. The first-order valence-corrected chi connectivity index (χ1v) is 7.12. The summed E-state index contributed by atoms with van der Waals surface area (Å²) in [6.45, 7) is 0.893. The van der Waals surface area contributed by atoms with Gasteiger partial charge < -0.3 is 16.4 Å². The van der Waals surface area contributed by atoms with Crippen molar-refractivity contribution in [2.45, 2.75) is 13.1 Å². The summed E-state index contributed by atoms with van der Waals surface area (Å²) in [6, 6.07) is 12.3. The number of carbonyl (C=O) groups excluding carboxylic acids is 1. The van der Waals surface area contributed by atoms with E-state index in [1.165, 1.54) is 0 Å². The van der Waals surface area contributed by atoms with Crippen molar-refractivity contribution in [1.82, 2.24) is 5.32 Å². The van der Waals surface area contributed by atoms with Gasteiger partial charge in [0.1, 0.15) is 0 Å². The van der Waals surface area contributed by atoms with Crippen molar-refractivity contribution >= 4 is 34.9 Å². The van der Waals surface area contributed by atoms with Gasteiger partial charge in [0.15, 0.2) is 0 Å². The van der Waals surface area contributed by atoms with Gasteiger partial charge in [-0.15, -0.1) is 0 Å². The van der Waals surface area contributed by atoms with E-state index < -0.39 is 0 Å². The minimum Gasteiger partial charge on any atom is -0.334 e. The molecular formula is C15H15Cl2N3O. The maximum absolute atomic E-state index is 11.8. The molecule has 0 fully saturated rings. The molecule has 0 bridgehead atoms. The Bertz CT molecular complexity index is 647. The molecule has 0 heterocycles. The van der Waals surface area contributed by atoms with Crippen LogP contribution in [0.3, 0.4) is 0 Å². The molecule has 0 saturated heterocycles. The Morgan fingerprint density at radius 1 is 1.05 bits per heavy atom. The maximum Gasteiger partial charge on any atom is 0.319 e. The predicted octanol–water partition coefficient (Wildman–Crippen LogP) is 3.77. The molecule has 0 saturated carbocycles. The summed E-state index contributed by atoms with van der Waals surface area (Å²) in [5, 5.41) is 6.30. The number of carbonyl (C=O) groups is 1. The molecule has 2 rings (SSSR count). The number of hydrogen-bond donors (Lipinski definition) is 3. The Balaban J connectivity index is 1.91. The molecule has 6 heteroatoms. The number of hydrogen-bond acceptors (Lipinski definition) is 2. The van der Waals surface area contributed by atoms with Gasteiger partial charge >= 0.3 is 6.03 Å². The van der Waals surface area contributed by atoms with Crippen molar-refractivity contribution in [3.8, 4) is 0 Å². The van der Waals surface area contributed by atoms with Crippen molar-refractivity contribution < 1.29 is 4.79 Å². The normalized spacial score (nSPS) is 10.2. The largest absolute Gasteiger partial charge is 0.334 e. The summed E-state index contributed by atoms with van der Waals surface area (Å²) < 4.78 is 0. The van der Waals surface area contributed by atoms with E-state index in [0.717, 1.165) is 11.1 Å². The van der Waals surface area contributed by atoms with Gasteiger partial charge in [-0.2, -0.15) is 0 Å². The molecule has 0 aliphatic carbocycles. The van der Waals surface area contributed by atoms with Crippen molar-refractivity contribution in [1.29, 1.82) is 0 Å². The number of rotatable bonds is 4. The average molecular weight is 324 g/mol. The number of urea groups is 1. The number of nitrogens with two attached hydrogens (primary N) is 1. The van der Waals surface area contributed by atoms with Crippen LogP contribution in [-0.2, 0) is 13.1 Å². The highest BCUT2D eigenvalue weighted by Gasteiger charge is 2.04. The van der Waals surface area contributed by atoms with Crippen LogP contribution in [0.2, 0.25) is 10.0 Å². The van der Waals surface area contributed by atoms with E-state index in [9.17, 15) is 4.79 Å². The smallest absolute Gasteiger partial charge is 0.319 e. The van der Waals surface area contributed by atoms with Gasteiger partial charge in [0, 0.05) is 18.8 Å². The monoisotopic (exact) mass is 323 g/mol. The van der Waals surface area contributed by atoms with Gasteiger partial charge in [-0.05, 0) is 29.3 Å². The Kier molecular flexibility index (Phi) is 5.44. The van der Waals surface area contributed by atoms with Crippen LogP contribution in [0.4, 0.5) is 10.5 Å². The first-order valence-electron chi connectivity index (χ1n) is 6.36. The molecule has 2 aromatic carbocycles. The highest BCUT2D eigenvalue weighted by atomic mass is 35.5. The lowest BCUT2D eigenvalue weighted by Crippen LogP contribution is -2.28. The Hall–Kier alpha value is -1.75. The topological polar surface area (TPSA) is 67.1 Å². The van der Waals surface area contributed by atoms with Crippen molar-refractivity contribution in [3.63, 3.8) is 0 Å². The molecule has 0 unspecified atom stereocenters. The summed E-state index contributed by atoms with van der Waals surface area (Å²) in [5.41, 5.74) is 8.18. The SMILES string of the molecule is NCc1cccc(CNC(=O)Nc2ccc(Cl)c(Cl)c2)c1. The lowest BCUT2D eigenvalue weighted by molar-refractivity contribution is 0.251. The van der Waals surface area contributed by atoms with Crippen LogP contribution >= 0.6 is 23.2 Å². The third kappa shape index (κ3) is 4.63. The first-order chi connectivity index (χ1) is 10.1. The molecule has 0 atom stereocenters. The second-order valence-corrected chi connectivity index (χ2v) is 5.28. The van der Waals surface area contributed by atoms with E-state index in [-0.39, 0.29) is 6.03 Å². The van der Waals surface area contributed by atoms with Gasteiger partial charge in [-0.3, -0.25) is 0 Å². The Labute approximate surface area is 133 Å². The molecule has 2 aromatic rings. The first kappa shape index (κ1) is 15.6.